The van der Waals surface area contributed by atoms with Crippen LogP contribution in [-0.2, 0) is 4.79 Å². The fraction of sp³-hybridized carbons (Fsp3) is 0.750. The van der Waals surface area contributed by atoms with Crippen molar-refractivity contribution < 1.29 is 4.79 Å². The molecule has 0 aliphatic heterocycles. The van der Waals surface area contributed by atoms with E-state index in [2.05, 4.69) is 26.8 Å². The van der Waals surface area contributed by atoms with Crippen molar-refractivity contribution >= 4 is 6.29 Å². The quantitative estimate of drug-likeness (QED) is 0.471. The molecule has 0 fully saturated rings. The van der Waals surface area contributed by atoms with Gasteiger partial charge >= 0.3 is 0 Å². The van der Waals surface area contributed by atoms with Crippen molar-refractivity contribution in [1.29, 1.82) is 0 Å². The van der Waals surface area contributed by atoms with E-state index in [1.54, 1.807) is 0 Å². The Morgan fingerprint density at radius 1 is 1.62 bits per heavy atom. The third-order valence-electron chi connectivity index (χ3n) is 3.63. The molecular weight excluding hydrogens is 160 g/mol. The second-order valence-corrected chi connectivity index (χ2v) is 4.78. The van der Waals surface area contributed by atoms with Gasteiger partial charge in [-0.05, 0) is 24.2 Å². The van der Waals surface area contributed by atoms with Crippen LogP contribution in [0.1, 0.15) is 40.5 Å². The Morgan fingerprint density at radius 2 is 2.23 bits per heavy atom. The third-order valence-corrected chi connectivity index (χ3v) is 3.63. The van der Waals surface area contributed by atoms with E-state index in [4.69, 9.17) is 0 Å². The number of rotatable bonds is 2. The van der Waals surface area contributed by atoms with E-state index < -0.39 is 0 Å². The van der Waals surface area contributed by atoms with Gasteiger partial charge in [0.25, 0.3) is 0 Å². The maximum atomic E-state index is 10.8. The highest BCUT2D eigenvalue weighted by molar-refractivity contribution is 5.59. The van der Waals surface area contributed by atoms with Crippen LogP contribution in [0.4, 0.5) is 0 Å². The number of carbonyl (C=O) groups excluding carboxylic acids is 1. The van der Waals surface area contributed by atoms with E-state index in [1.807, 2.05) is 6.92 Å². The number of aldehydes is 1. The Bertz CT molecular complexity index is 225. The Hall–Kier alpha value is -0.590. The molecule has 0 aromatic rings. The van der Waals surface area contributed by atoms with E-state index in [-0.39, 0.29) is 11.3 Å². The molecule has 0 heterocycles. The average Bonchev–Trinajstić information content (AvgIpc) is 2.08. The monoisotopic (exact) mass is 180 g/mol. The van der Waals surface area contributed by atoms with Crippen molar-refractivity contribution in [1.82, 2.24) is 0 Å². The average molecular weight is 180 g/mol. The van der Waals surface area contributed by atoms with E-state index in [0.717, 1.165) is 12.7 Å². The highest BCUT2D eigenvalue weighted by atomic mass is 16.1. The minimum Gasteiger partial charge on any atom is -0.303 e. The Kier molecular flexibility index (Phi) is 2.94. The molecule has 0 N–H and O–H groups in total. The van der Waals surface area contributed by atoms with Crippen LogP contribution in [0.2, 0.25) is 0 Å². The first kappa shape index (κ1) is 10.5. The highest BCUT2D eigenvalue weighted by Crippen LogP contribution is 2.43. The lowest BCUT2D eigenvalue weighted by Crippen LogP contribution is -2.30. The third kappa shape index (κ3) is 1.84. The van der Waals surface area contributed by atoms with Gasteiger partial charge in [0.15, 0.2) is 0 Å². The molecular formula is C12H20O. The Labute approximate surface area is 81.2 Å². The van der Waals surface area contributed by atoms with Crippen molar-refractivity contribution in [3.63, 3.8) is 0 Å². The maximum Gasteiger partial charge on any atom is 0.126 e. The molecule has 2 unspecified atom stereocenters. The summed E-state index contributed by atoms with van der Waals surface area (Å²) < 4.78 is 0. The van der Waals surface area contributed by atoms with Crippen LogP contribution in [0.15, 0.2) is 11.6 Å². The molecule has 1 aliphatic carbocycles. The SMILES string of the molecule is CC(C=O)C1=CCCC(C)C1(C)C. The summed E-state index contributed by atoms with van der Waals surface area (Å²) in [5.41, 5.74) is 1.54. The van der Waals surface area contributed by atoms with Crippen molar-refractivity contribution in [3.05, 3.63) is 11.6 Å². The summed E-state index contributed by atoms with van der Waals surface area (Å²) in [6.07, 6.45) is 5.71. The van der Waals surface area contributed by atoms with E-state index >= 15 is 0 Å². The van der Waals surface area contributed by atoms with Gasteiger partial charge in [-0.15, -0.1) is 0 Å². The smallest absolute Gasteiger partial charge is 0.126 e. The zero-order chi connectivity index (χ0) is 10.1. The largest absolute Gasteiger partial charge is 0.303 e. The van der Waals surface area contributed by atoms with E-state index in [0.29, 0.717) is 5.92 Å². The molecule has 0 aromatic carbocycles. The second kappa shape index (κ2) is 3.65. The molecule has 0 bridgehead atoms. The van der Waals surface area contributed by atoms with Crippen LogP contribution in [0.3, 0.4) is 0 Å². The summed E-state index contributed by atoms with van der Waals surface area (Å²) in [4.78, 5) is 10.8. The minimum absolute atomic E-state index is 0.0951. The topological polar surface area (TPSA) is 17.1 Å². The van der Waals surface area contributed by atoms with Gasteiger partial charge in [-0.1, -0.05) is 39.3 Å². The lowest BCUT2D eigenvalue weighted by molar-refractivity contribution is -0.110. The van der Waals surface area contributed by atoms with Gasteiger partial charge in [-0.3, -0.25) is 0 Å². The number of hydrogen-bond acceptors (Lipinski definition) is 1. The highest BCUT2D eigenvalue weighted by Gasteiger charge is 2.34. The second-order valence-electron chi connectivity index (χ2n) is 4.78. The molecule has 13 heavy (non-hydrogen) atoms. The van der Waals surface area contributed by atoms with Gasteiger partial charge in [0.2, 0.25) is 0 Å². The lowest BCUT2D eigenvalue weighted by Gasteiger charge is -2.39. The van der Waals surface area contributed by atoms with Crippen LogP contribution < -0.4 is 0 Å². The molecule has 74 valence electrons. The lowest BCUT2D eigenvalue weighted by atomic mass is 9.65. The predicted octanol–water partition coefficient (Wildman–Crippen LogP) is 3.20. The molecule has 1 rings (SSSR count). The molecule has 2 atom stereocenters. The van der Waals surface area contributed by atoms with Crippen LogP contribution >= 0.6 is 0 Å². The summed E-state index contributed by atoms with van der Waals surface area (Å²) >= 11 is 0. The first-order valence-electron chi connectivity index (χ1n) is 5.16. The molecule has 0 amide bonds. The van der Waals surface area contributed by atoms with Gasteiger partial charge in [-0.25, -0.2) is 0 Å². The van der Waals surface area contributed by atoms with Gasteiger partial charge in [0.05, 0.1) is 0 Å². The zero-order valence-corrected chi connectivity index (χ0v) is 9.13. The minimum atomic E-state index is 0.0951. The molecule has 0 saturated carbocycles. The standard InChI is InChI=1S/C12H20O/c1-9(8-13)11-7-5-6-10(2)12(11,3)4/h7-10H,5-6H2,1-4H3. The fourth-order valence-electron chi connectivity index (χ4n) is 2.24. The Balaban J connectivity index is 2.94. The number of hydrogen-bond donors (Lipinski definition) is 0. The normalized spacial score (nSPS) is 29.2. The fourth-order valence-corrected chi connectivity index (χ4v) is 2.24. The predicted molar refractivity (Wildman–Crippen MR) is 55.5 cm³/mol. The van der Waals surface area contributed by atoms with Crippen molar-refractivity contribution in [2.45, 2.75) is 40.5 Å². The summed E-state index contributed by atoms with van der Waals surface area (Å²) in [6.45, 7) is 8.79. The van der Waals surface area contributed by atoms with Crippen LogP contribution in [0.25, 0.3) is 0 Å². The van der Waals surface area contributed by atoms with Crippen molar-refractivity contribution in [2.75, 3.05) is 0 Å². The first-order chi connectivity index (χ1) is 6.00. The van der Waals surface area contributed by atoms with Gasteiger partial charge < -0.3 is 4.79 Å². The summed E-state index contributed by atoms with van der Waals surface area (Å²) in [7, 11) is 0. The molecule has 1 nitrogen and oxygen atoms in total. The summed E-state index contributed by atoms with van der Waals surface area (Å²) in [5, 5.41) is 0. The molecule has 1 aliphatic rings. The van der Waals surface area contributed by atoms with Crippen LogP contribution in [0.5, 0.6) is 0 Å². The first-order valence-corrected chi connectivity index (χ1v) is 5.16. The summed E-state index contributed by atoms with van der Waals surface area (Å²) in [5.74, 6) is 0.785. The maximum absolute atomic E-state index is 10.8. The van der Waals surface area contributed by atoms with Gasteiger partial charge in [-0.2, -0.15) is 0 Å². The summed E-state index contributed by atoms with van der Waals surface area (Å²) in [6, 6.07) is 0. The Morgan fingerprint density at radius 3 is 2.77 bits per heavy atom. The van der Waals surface area contributed by atoms with Gasteiger partial charge in [0, 0.05) is 5.92 Å². The van der Waals surface area contributed by atoms with Gasteiger partial charge in [0.1, 0.15) is 6.29 Å². The molecule has 1 heteroatoms. The van der Waals surface area contributed by atoms with Crippen molar-refractivity contribution in [2.24, 2.45) is 17.3 Å². The molecule has 0 spiro atoms. The number of allylic oxidation sites excluding steroid dienone is 2. The molecule has 0 saturated heterocycles. The van der Waals surface area contributed by atoms with Crippen LogP contribution in [0, 0.1) is 17.3 Å². The van der Waals surface area contributed by atoms with E-state index in [1.165, 1.54) is 12.0 Å². The molecule has 0 aromatic heterocycles. The number of carbonyl (C=O) groups is 1. The van der Waals surface area contributed by atoms with Crippen LogP contribution in [-0.4, -0.2) is 6.29 Å². The van der Waals surface area contributed by atoms with E-state index in [9.17, 15) is 4.79 Å². The zero-order valence-electron chi connectivity index (χ0n) is 9.13. The molecule has 0 radical (unpaired) electrons. The van der Waals surface area contributed by atoms with Crippen molar-refractivity contribution in [3.8, 4) is 0 Å².